The summed E-state index contributed by atoms with van der Waals surface area (Å²) in [6.07, 6.45) is 7.27. The molecular weight excluding hydrogens is 348 g/mol. The number of hydrogen-bond donors (Lipinski definition) is 1. The lowest BCUT2D eigenvalue weighted by molar-refractivity contribution is 0.0365. The zero-order chi connectivity index (χ0) is 18.9. The van der Waals surface area contributed by atoms with Gasteiger partial charge >= 0.3 is 0 Å². The highest BCUT2D eigenvalue weighted by atomic mass is 16.3. The Hall–Kier alpha value is -2.50. The maximum absolute atomic E-state index is 11.0. The molecule has 28 heavy (non-hydrogen) atoms. The van der Waals surface area contributed by atoms with Crippen LogP contribution in [0.3, 0.4) is 0 Å². The Morgan fingerprint density at radius 2 is 1.68 bits per heavy atom. The zero-order valence-corrected chi connectivity index (χ0v) is 15.9. The molecule has 1 aliphatic heterocycles. The number of nitrogens with zero attached hydrogens (tertiary/aromatic N) is 4. The van der Waals surface area contributed by atoms with Crippen molar-refractivity contribution in [2.45, 2.75) is 31.5 Å². The summed E-state index contributed by atoms with van der Waals surface area (Å²) in [6, 6.07) is 16.5. The van der Waals surface area contributed by atoms with Gasteiger partial charge in [0.25, 0.3) is 0 Å². The number of aromatic nitrogens is 3. The van der Waals surface area contributed by atoms with Gasteiger partial charge in [0.2, 0.25) is 0 Å². The van der Waals surface area contributed by atoms with Crippen LogP contribution in [-0.4, -0.2) is 43.7 Å². The molecule has 5 rings (SSSR count). The number of hydrogen-bond acceptors (Lipinski definition) is 4. The molecular formula is C23H26N4O. The molecule has 1 saturated carbocycles. The Morgan fingerprint density at radius 1 is 0.893 bits per heavy atom. The smallest absolute Gasteiger partial charge is 0.140 e. The van der Waals surface area contributed by atoms with Gasteiger partial charge in [-0.1, -0.05) is 36.4 Å². The number of fused-ring (bicyclic) bond motifs is 1. The Labute approximate surface area is 165 Å². The lowest BCUT2D eigenvalue weighted by Gasteiger charge is -2.36. The summed E-state index contributed by atoms with van der Waals surface area (Å²) < 4.78 is 2.19. The first-order chi connectivity index (χ1) is 13.8. The summed E-state index contributed by atoms with van der Waals surface area (Å²) >= 11 is 0. The third kappa shape index (κ3) is 3.36. The third-order valence-electron chi connectivity index (χ3n) is 6.35. The van der Waals surface area contributed by atoms with Crippen molar-refractivity contribution >= 4 is 0 Å². The molecule has 2 fully saturated rings. The quantitative estimate of drug-likeness (QED) is 0.761. The summed E-state index contributed by atoms with van der Waals surface area (Å²) in [5, 5.41) is 11.0. The minimum Gasteiger partial charge on any atom is -0.391 e. The van der Waals surface area contributed by atoms with Gasteiger partial charge < -0.3 is 9.67 Å². The molecule has 2 aromatic heterocycles. The van der Waals surface area contributed by atoms with Crippen LogP contribution in [0, 0.1) is 11.8 Å². The van der Waals surface area contributed by atoms with E-state index in [1.807, 2.05) is 42.9 Å². The third-order valence-corrected chi connectivity index (χ3v) is 6.35. The number of likely N-dealkylation sites (tertiary alicyclic amines) is 1. The molecule has 1 N–H and O–H groups in total. The van der Waals surface area contributed by atoms with Crippen molar-refractivity contribution in [3.05, 3.63) is 72.8 Å². The number of aliphatic hydroxyl groups excluding tert-OH is 1. The Morgan fingerprint density at radius 3 is 2.46 bits per heavy atom. The number of aliphatic hydroxyl groups is 1. The van der Waals surface area contributed by atoms with E-state index in [4.69, 9.17) is 0 Å². The Kier molecular flexibility index (Phi) is 4.71. The van der Waals surface area contributed by atoms with Crippen LogP contribution in [-0.2, 0) is 6.54 Å². The van der Waals surface area contributed by atoms with Crippen molar-refractivity contribution in [3.63, 3.8) is 0 Å². The molecule has 0 amide bonds. The van der Waals surface area contributed by atoms with Crippen LogP contribution < -0.4 is 0 Å². The van der Waals surface area contributed by atoms with Crippen molar-refractivity contribution in [3.8, 4) is 11.4 Å². The van der Waals surface area contributed by atoms with Crippen LogP contribution in [0.2, 0.25) is 0 Å². The highest BCUT2D eigenvalue weighted by Gasteiger charge is 2.42. The molecule has 144 valence electrons. The van der Waals surface area contributed by atoms with Gasteiger partial charge in [-0.3, -0.25) is 9.88 Å². The summed E-state index contributed by atoms with van der Waals surface area (Å²) in [4.78, 5) is 11.6. The number of imidazole rings is 1. The van der Waals surface area contributed by atoms with Crippen LogP contribution in [0.25, 0.3) is 11.4 Å². The Balaban J connectivity index is 1.33. The van der Waals surface area contributed by atoms with Gasteiger partial charge in [-0.05, 0) is 36.8 Å². The molecule has 0 bridgehead atoms. The normalized spacial score (nSPS) is 27.6. The van der Waals surface area contributed by atoms with E-state index >= 15 is 0 Å². The molecule has 1 aliphatic carbocycles. The minimum absolute atomic E-state index is 0.0914. The average molecular weight is 374 g/mol. The van der Waals surface area contributed by atoms with Crippen LogP contribution >= 0.6 is 0 Å². The van der Waals surface area contributed by atoms with E-state index in [1.54, 1.807) is 0 Å². The van der Waals surface area contributed by atoms with Crippen LogP contribution in [0.5, 0.6) is 0 Å². The summed E-state index contributed by atoms with van der Waals surface area (Å²) in [7, 11) is 0. The van der Waals surface area contributed by atoms with Gasteiger partial charge in [0.15, 0.2) is 0 Å². The fourth-order valence-electron chi connectivity index (χ4n) is 5.04. The first-order valence-corrected chi connectivity index (χ1v) is 10.2. The molecule has 2 aliphatic rings. The van der Waals surface area contributed by atoms with Crippen molar-refractivity contribution in [1.29, 1.82) is 0 Å². The van der Waals surface area contributed by atoms with Crippen molar-refractivity contribution < 1.29 is 5.11 Å². The highest BCUT2D eigenvalue weighted by Crippen LogP contribution is 2.42. The first-order valence-electron chi connectivity index (χ1n) is 10.2. The second kappa shape index (κ2) is 7.49. The maximum Gasteiger partial charge on any atom is 0.140 e. The summed E-state index contributed by atoms with van der Waals surface area (Å²) in [5.41, 5.74) is 2.23. The molecule has 4 atom stereocenters. The average Bonchev–Trinajstić information content (AvgIpc) is 3.35. The van der Waals surface area contributed by atoms with Crippen LogP contribution in [0.4, 0.5) is 0 Å². The van der Waals surface area contributed by atoms with E-state index in [2.05, 4.69) is 43.7 Å². The topological polar surface area (TPSA) is 54.2 Å². The van der Waals surface area contributed by atoms with E-state index in [1.165, 1.54) is 0 Å². The standard InChI is InChI=1S/C23H26N4O/c28-22-13-19-15-26(16-20-8-4-5-9-24-20)14-18(19)12-21(22)27-11-10-25-23(27)17-6-2-1-3-7-17/h1-11,18-19,21-22,28H,12-16H2/t18-,19+,21-,22-/m0/s1. The monoisotopic (exact) mass is 374 g/mol. The summed E-state index contributed by atoms with van der Waals surface area (Å²) in [5.74, 6) is 2.13. The molecule has 5 nitrogen and oxygen atoms in total. The fraction of sp³-hybridized carbons (Fsp3) is 0.391. The van der Waals surface area contributed by atoms with E-state index in [-0.39, 0.29) is 12.1 Å². The van der Waals surface area contributed by atoms with Gasteiger partial charge in [0.05, 0.1) is 17.8 Å². The molecule has 1 aromatic carbocycles. The van der Waals surface area contributed by atoms with Crippen molar-refractivity contribution in [2.24, 2.45) is 11.8 Å². The lowest BCUT2D eigenvalue weighted by Crippen LogP contribution is -2.36. The van der Waals surface area contributed by atoms with Gasteiger partial charge in [0.1, 0.15) is 5.82 Å². The van der Waals surface area contributed by atoms with E-state index in [0.29, 0.717) is 11.8 Å². The number of pyridine rings is 1. The second-order valence-corrected chi connectivity index (χ2v) is 8.17. The number of rotatable bonds is 4. The molecule has 3 aromatic rings. The predicted molar refractivity (Wildman–Crippen MR) is 108 cm³/mol. The van der Waals surface area contributed by atoms with E-state index in [9.17, 15) is 5.11 Å². The van der Waals surface area contributed by atoms with E-state index < -0.39 is 0 Å². The predicted octanol–water partition coefficient (Wildman–Crippen LogP) is 3.39. The number of benzene rings is 1. The highest BCUT2D eigenvalue weighted by molar-refractivity contribution is 5.55. The lowest BCUT2D eigenvalue weighted by atomic mass is 9.77. The van der Waals surface area contributed by atoms with Gasteiger partial charge in [-0.15, -0.1) is 0 Å². The van der Waals surface area contributed by atoms with Gasteiger partial charge in [0, 0.05) is 43.8 Å². The van der Waals surface area contributed by atoms with Gasteiger partial charge in [-0.2, -0.15) is 0 Å². The molecule has 0 radical (unpaired) electrons. The maximum atomic E-state index is 11.0. The summed E-state index contributed by atoms with van der Waals surface area (Å²) in [6.45, 7) is 3.04. The SMILES string of the molecule is O[C@H]1C[C@@H]2CN(Cc3ccccn3)C[C@@H]2C[C@@H]1n1ccnc1-c1ccccc1. The molecule has 0 unspecified atom stereocenters. The second-order valence-electron chi connectivity index (χ2n) is 8.17. The van der Waals surface area contributed by atoms with E-state index in [0.717, 1.165) is 49.6 Å². The first kappa shape index (κ1) is 17.6. The minimum atomic E-state index is -0.326. The largest absolute Gasteiger partial charge is 0.391 e. The Bertz CT molecular complexity index is 911. The van der Waals surface area contributed by atoms with Crippen molar-refractivity contribution in [2.75, 3.05) is 13.1 Å². The molecule has 1 saturated heterocycles. The molecule has 5 heteroatoms. The fourth-order valence-corrected chi connectivity index (χ4v) is 5.04. The van der Waals surface area contributed by atoms with Crippen LogP contribution in [0.15, 0.2) is 67.1 Å². The zero-order valence-electron chi connectivity index (χ0n) is 15.9. The molecule has 3 heterocycles. The van der Waals surface area contributed by atoms with Crippen molar-refractivity contribution in [1.82, 2.24) is 19.4 Å². The molecule has 0 spiro atoms. The van der Waals surface area contributed by atoms with Crippen LogP contribution in [0.1, 0.15) is 24.6 Å². The van der Waals surface area contributed by atoms with Gasteiger partial charge in [-0.25, -0.2) is 4.98 Å².